The number of nitrogens with one attached hydrogen (secondary N) is 2. The van der Waals surface area contributed by atoms with E-state index in [1.54, 1.807) is 5.32 Å². The first-order valence-corrected chi connectivity index (χ1v) is 11.7. The molecule has 2 atom stereocenters. The molecule has 2 aromatic carbocycles. The number of carbonyl (C=O) groups is 2. The van der Waals surface area contributed by atoms with Crippen LogP contribution in [-0.4, -0.2) is 43.1 Å². The molecule has 2 aromatic rings. The summed E-state index contributed by atoms with van der Waals surface area (Å²) in [7, 11) is 0. The van der Waals surface area contributed by atoms with E-state index in [-0.39, 0.29) is 15.6 Å². The minimum Gasteiger partial charge on any atom is -0.404 e. The van der Waals surface area contributed by atoms with Gasteiger partial charge in [0.2, 0.25) is 5.91 Å². The van der Waals surface area contributed by atoms with Crippen molar-refractivity contribution in [2.24, 2.45) is 0 Å². The average molecular weight is 656 g/mol. The van der Waals surface area contributed by atoms with Crippen LogP contribution in [-0.2, 0) is 4.79 Å². The van der Waals surface area contributed by atoms with E-state index in [1.165, 1.54) is 18.2 Å². The highest BCUT2D eigenvalue weighted by Gasteiger charge is 2.39. The first-order valence-electron chi connectivity index (χ1n) is 10.5. The number of carbonyl (C=O) groups excluding carboxylic acids is 2. The molecule has 2 rings (SSSR count). The van der Waals surface area contributed by atoms with Gasteiger partial charge in [0.25, 0.3) is 5.91 Å². The van der Waals surface area contributed by atoms with Gasteiger partial charge < -0.3 is 15.4 Å². The Kier molecular flexibility index (Phi) is 10.3. The molecular formula is C23H17BrClF9N2O3. The molecule has 0 radical (unpaired) electrons. The lowest BCUT2D eigenvalue weighted by molar-refractivity contribution is -0.274. The van der Waals surface area contributed by atoms with E-state index in [4.69, 9.17) is 11.6 Å². The highest BCUT2D eigenvalue weighted by atomic mass is 79.9. The summed E-state index contributed by atoms with van der Waals surface area (Å²) in [6, 6.07) is 4.52. The summed E-state index contributed by atoms with van der Waals surface area (Å²) >= 11 is 8.75. The molecular weight excluding hydrogens is 639 g/mol. The van der Waals surface area contributed by atoms with Gasteiger partial charge in [-0.05, 0) is 58.2 Å². The number of amides is 2. The fourth-order valence-corrected chi connectivity index (χ4v) is 3.84. The summed E-state index contributed by atoms with van der Waals surface area (Å²) in [4.78, 5) is 24.2. The summed E-state index contributed by atoms with van der Waals surface area (Å²) in [5, 5.41) is 3.13. The van der Waals surface area contributed by atoms with Gasteiger partial charge >= 0.3 is 18.7 Å². The van der Waals surface area contributed by atoms with Crippen molar-refractivity contribution < 1.29 is 53.8 Å². The van der Waals surface area contributed by atoms with Crippen LogP contribution in [0.25, 0.3) is 6.08 Å². The van der Waals surface area contributed by atoms with Crippen LogP contribution in [0.3, 0.4) is 0 Å². The zero-order chi connectivity index (χ0) is 29.8. The lowest BCUT2D eigenvalue weighted by Gasteiger charge is -2.19. The summed E-state index contributed by atoms with van der Waals surface area (Å²) in [6.07, 6.45) is -12.8. The second-order valence-electron chi connectivity index (χ2n) is 7.88. The molecule has 2 amide bonds. The smallest absolute Gasteiger partial charge is 0.404 e. The van der Waals surface area contributed by atoms with Gasteiger partial charge in [0, 0.05) is 4.47 Å². The number of benzene rings is 2. The topological polar surface area (TPSA) is 67.4 Å². The Balaban J connectivity index is 2.19. The van der Waals surface area contributed by atoms with Crippen LogP contribution in [0.5, 0.6) is 5.75 Å². The number of alkyl halides is 9. The molecule has 0 saturated carbocycles. The molecule has 0 fully saturated rings. The van der Waals surface area contributed by atoms with Gasteiger partial charge in [-0.2, -0.15) is 26.3 Å². The normalized spacial score (nSPS) is 14.2. The lowest BCUT2D eigenvalue weighted by Crippen LogP contribution is -2.47. The van der Waals surface area contributed by atoms with Crippen LogP contribution >= 0.6 is 27.5 Å². The number of rotatable bonds is 8. The lowest BCUT2D eigenvalue weighted by atomic mass is 9.96. The molecule has 214 valence electrons. The molecule has 0 heterocycles. The zero-order valence-corrected chi connectivity index (χ0v) is 21.7. The van der Waals surface area contributed by atoms with E-state index in [0.717, 1.165) is 25.1 Å². The molecule has 0 spiro atoms. The van der Waals surface area contributed by atoms with Gasteiger partial charge in [-0.1, -0.05) is 35.9 Å². The van der Waals surface area contributed by atoms with E-state index < -0.39 is 65.4 Å². The Bertz CT molecular complexity index is 1230. The predicted molar refractivity (Wildman–Crippen MR) is 126 cm³/mol. The monoisotopic (exact) mass is 654 g/mol. The summed E-state index contributed by atoms with van der Waals surface area (Å²) < 4.78 is 119. The highest BCUT2D eigenvalue weighted by molar-refractivity contribution is 9.10. The van der Waals surface area contributed by atoms with Crippen molar-refractivity contribution in [3.63, 3.8) is 0 Å². The second kappa shape index (κ2) is 12.5. The Morgan fingerprint density at radius 1 is 1.03 bits per heavy atom. The first kappa shape index (κ1) is 32.3. The van der Waals surface area contributed by atoms with Gasteiger partial charge in [0.15, 0.2) is 0 Å². The number of hydrogen-bond donors (Lipinski definition) is 2. The summed E-state index contributed by atoms with van der Waals surface area (Å²) in [5.74, 6) is -5.08. The number of allylic oxidation sites excluding steroid dienone is 1. The van der Waals surface area contributed by atoms with E-state index in [2.05, 4.69) is 26.0 Å². The molecule has 5 nitrogen and oxygen atoms in total. The van der Waals surface area contributed by atoms with E-state index in [9.17, 15) is 49.1 Å². The maximum Gasteiger partial charge on any atom is 0.573 e. The molecule has 0 aliphatic carbocycles. The van der Waals surface area contributed by atoms with Gasteiger partial charge in [-0.25, -0.2) is 0 Å². The third-order valence-corrected chi connectivity index (χ3v) is 5.77. The molecule has 39 heavy (non-hydrogen) atoms. The van der Waals surface area contributed by atoms with Gasteiger partial charge in [-0.15, -0.1) is 13.2 Å². The van der Waals surface area contributed by atoms with Crippen molar-refractivity contribution in [1.29, 1.82) is 0 Å². The Hall–Kier alpha value is -2.94. The van der Waals surface area contributed by atoms with Crippen molar-refractivity contribution in [1.82, 2.24) is 10.6 Å². The molecule has 0 aromatic heterocycles. The molecule has 2 unspecified atom stereocenters. The second-order valence-corrected chi connectivity index (χ2v) is 9.15. The van der Waals surface area contributed by atoms with Gasteiger partial charge in [-0.3, -0.25) is 9.59 Å². The van der Waals surface area contributed by atoms with Crippen LogP contribution in [0, 0.1) is 0 Å². The third kappa shape index (κ3) is 10.3. The molecule has 0 aliphatic heterocycles. The van der Waals surface area contributed by atoms with Gasteiger partial charge in [0.1, 0.15) is 18.3 Å². The minimum absolute atomic E-state index is 0.0676. The number of ether oxygens (including phenoxy) is 1. The Labute approximate surface area is 228 Å². The number of hydrogen-bond acceptors (Lipinski definition) is 3. The quantitative estimate of drug-likeness (QED) is 0.297. The van der Waals surface area contributed by atoms with Crippen molar-refractivity contribution in [3.05, 3.63) is 68.7 Å². The van der Waals surface area contributed by atoms with Crippen LogP contribution < -0.4 is 15.4 Å². The van der Waals surface area contributed by atoms with Crippen molar-refractivity contribution in [2.75, 3.05) is 6.54 Å². The Morgan fingerprint density at radius 3 is 2.18 bits per heavy atom. The maximum atomic E-state index is 13.7. The minimum atomic E-state index is -5.09. The van der Waals surface area contributed by atoms with E-state index in [1.807, 2.05) is 0 Å². The summed E-state index contributed by atoms with van der Waals surface area (Å²) in [5.41, 5.74) is -0.361. The Morgan fingerprint density at radius 2 is 1.67 bits per heavy atom. The van der Waals surface area contributed by atoms with Gasteiger partial charge in [0.05, 0.1) is 16.5 Å². The molecule has 0 bridgehead atoms. The first-order chi connectivity index (χ1) is 17.8. The maximum absolute atomic E-state index is 13.7. The van der Waals surface area contributed by atoms with Crippen LogP contribution in [0.15, 0.2) is 46.9 Å². The largest absolute Gasteiger partial charge is 0.573 e. The van der Waals surface area contributed by atoms with Crippen molar-refractivity contribution in [2.45, 2.75) is 37.6 Å². The third-order valence-electron chi connectivity index (χ3n) is 4.82. The SMILES string of the molecule is CC(NC(=O)c1ccc(/C=C/C(c2ccc(OC(F)(F)F)c(Cl)c2)C(F)(F)F)cc1Br)C(=O)NCC(F)(F)F. The summed E-state index contributed by atoms with van der Waals surface area (Å²) in [6.45, 7) is -0.437. The van der Waals surface area contributed by atoms with E-state index >= 15 is 0 Å². The van der Waals surface area contributed by atoms with Crippen LogP contribution in [0.4, 0.5) is 39.5 Å². The van der Waals surface area contributed by atoms with Crippen molar-refractivity contribution >= 4 is 45.4 Å². The fraction of sp³-hybridized carbons (Fsp3) is 0.304. The fourth-order valence-electron chi connectivity index (χ4n) is 3.03. The van der Waals surface area contributed by atoms with E-state index in [0.29, 0.717) is 12.1 Å². The van der Waals surface area contributed by atoms with Crippen LogP contribution in [0.2, 0.25) is 5.02 Å². The molecule has 2 N–H and O–H groups in total. The standard InChI is InChI=1S/C23H17BrClF9N2O3/c1-11(19(37)35-10-21(26,27)28)36-20(38)14-5-2-12(8-16(14)24)3-6-15(22(29,30)31)13-4-7-18(17(25)9-13)39-23(32,33)34/h2-9,11,15H,10H2,1H3,(H,35,37)(H,36,38)/b6-3+. The highest BCUT2D eigenvalue weighted by Crippen LogP contribution is 2.40. The predicted octanol–water partition coefficient (Wildman–Crippen LogP) is 7.16. The molecule has 0 aliphatic rings. The molecule has 0 saturated heterocycles. The number of halogens is 11. The van der Waals surface area contributed by atoms with Crippen molar-refractivity contribution in [3.8, 4) is 5.75 Å². The zero-order valence-electron chi connectivity index (χ0n) is 19.4. The van der Waals surface area contributed by atoms with Crippen LogP contribution in [0.1, 0.15) is 34.3 Å². The molecule has 16 heteroatoms. The average Bonchev–Trinajstić information content (AvgIpc) is 2.77.